The van der Waals surface area contributed by atoms with E-state index < -0.39 is 0 Å². The van der Waals surface area contributed by atoms with Crippen LogP contribution in [0, 0.1) is 11.8 Å². The van der Waals surface area contributed by atoms with Crippen LogP contribution in [-0.4, -0.2) is 62.0 Å². The molecule has 17 heavy (non-hydrogen) atoms. The number of hydrogen-bond donors (Lipinski definition) is 2. The lowest BCUT2D eigenvalue weighted by molar-refractivity contribution is 0.0148. The van der Waals surface area contributed by atoms with E-state index in [2.05, 4.69) is 17.1 Å². The second-order valence-electron chi connectivity index (χ2n) is 5.54. The van der Waals surface area contributed by atoms with Gasteiger partial charge in [0.15, 0.2) is 0 Å². The van der Waals surface area contributed by atoms with E-state index >= 15 is 0 Å². The molecule has 2 atom stereocenters. The van der Waals surface area contributed by atoms with E-state index in [1.165, 1.54) is 12.8 Å². The highest BCUT2D eigenvalue weighted by Gasteiger charge is 2.27. The fourth-order valence-corrected chi connectivity index (χ4v) is 2.46. The van der Waals surface area contributed by atoms with Crippen molar-refractivity contribution in [1.29, 1.82) is 0 Å². The summed E-state index contributed by atoms with van der Waals surface area (Å²) in [6.45, 7) is 8.36. The lowest BCUT2D eigenvalue weighted by Crippen LogP contribution is -2.44. The highest BCUT2D eigenvalue weighted by atomic mass is 16.5. The Labute approximate surface area is 104 Å². The van der Waals surface area contributed by atoms with Gasteiger partial charge in [0.2, 0.25) is 0 Å². The molecule has 1 saturated carbocycles. The van der Waals surface area contributed by atoms with Crippen LogP contribution in [-0.2, 0) is 4.74 Å². The largest absolute Gasteiger partial charge is 0.390 e. The summed E-state index contributed by atoms with van der Waals surface area (Å²) in [5.41, 5.74) is 0. The second kappa shape index (κ2) is 6.69. The highest BCUT2D eigenvalue weighted by Crippen LogP contribution is 2.35. The van der Waals surface area contributed by atoms with E-state index in [1.54, 1.807) is 0 Å². The molecule has 0 radical (unpaired) electrons. The van der Waals surface area contributed by atoms with Gasteiger partial charge in [0.25, 0.3) is 0 Å². The molecular weight excluding hydrogens is 216 g/mol. The minimum Gasteiger partial charge on any atom is -0.390 e. The average molecular weight is 242 g/mol. The lowest BCUT2D eigenvalue weighted by Gasteiger charge is -2.28. The monoisotopic (exact) mass is 242 g/mol. The molecule has 2 aliphatic rings. The maximum Gasteiger partial charge on any atom is 0.0791 e. The van der Waals surface area contributed by atoms with E-state index in [9.17, 15) is 5.11 Å². The molecule has 0 aromatic heterocycles. The molecule has 2 fully saturated rings. The number of hydrogen-bond acceptors (Lipinski definition) is 4. The number of morpholine rings is 1. The van der Waals surface area contributed by atoms with E-state index in [0.717, 1.165) is 51.2 Å². The fraction of sp³-hybridized carbons (Fsp3) is 1.00. The van der Waals surface area contributed by atoms with Crippen molar-refractivity contribution in [2.45, 2.75) is 25.9 Å². The molecule has 2 unspecified atom stereocenters. The van der Waals surface area contributed by atoms with Crippen LogP contribution in [0.4, 0.5) is 0 Å². The zero-order chi connectivity index (χ0) is 12.1. The van der Waals surface area contributed by atoms with E-state index in [-0.39, 0.29) is 6.10 Å². The van der Waals surface area contributed by atoms with Crippen LogP contribution in [0.2, 0.25) is 0 Å². The number of aliphatic hydroxyl groups is 1. The topological polar surface area (TPSA) is 44.7 Å². The van der Waals surface area contributed by atoms with Gasteiger partial charge < -0.3 is 15.2 Å². The first-order chi connectivity index (χ1) is 8.25. The van der Waals surface area contributed by atoms with E-state index in [0.29, 0.717) is 6.54 Å². The van der Waals surface area contributed by atoms with Crippen molar-refractivity contribution >= 4 is 0 Å². The molecule has 0 aromatic carbocycles. The summed E-state index contributed by atoms with van der Waals surface area (Å²) in [7, 11) is 0. The summed E-state index contributed by atoms with van der Waals surface area (Å²) in [5, 5.41) is 13.3. The number of β-amino-alcohol motifs (C(OH)–C–C–N with tert-alkyl or cyclic N) is 1. The number of ether oxygens (including phenoxy) is 1. The molecule has 1 heterocycles. The maximum atomic E-state index is 9.92. The molecule has 0 aromatic rings. The van der Waals surface area contributed by atoms with Crippen molar-refractivity contribution in [3.05, 3.63) is 0 Å². The molecule has 0 spiro atoms. The van der Waals surface area contributed by atoms with E-state index in [1.807, 2.05) is 0 Å². The minimum atomic E-state index is -0.250. The highest BCUT2D eigenvalue weighted by molar-refractivity contribution is 4.80. The zero-order valence-electron chi connectivity index (χ0n) is 10.9. The third-order valence-corrected chi connectivity index (χ3v) is 3.85. The van der Waals surface area contributed by atoms with Gasteiger partial charge in [0.05, 0.1) is 19.3 Å². The Kier molecular flexibility index (Phi) is 5.22. The Balaban J connectivity index is 1.51. The summed E-state index contributed by atoms with van der Waals surface area (Å²) in [6, 6.07) is 0. The van der Waals surface area contributed by atoms with Gasteiger partial charge in [-0.05, 0) is 31.2 Å². The van der Waals surface area contributed by atoms with Gasteiger partial charge in [-0.3, -0.25) is 4.90 Å². The van der Waals surface area contributed by atoms with Gasteiger partial charge in [0, 0.05) is 26.2 Å². The van der Waals surface area contributed by atoms with Crippen molar-refractivity contribution < 1.29 is 9.84 Å². The van der Waals surface area contributed by atoms with Crippen molar-refractivity contribution in [1.82, 2.24) is 10.2 Å². The first-order valence-corrected chi connectivity index (χ1v) is 6.94. The lowest BCUT2D eigenvalue weighted by atomic mass is 10.1. The van der Waals surface area contributed by atoms with Crippen LogP contribution < -0.4 is 5.32 Å². The molecule has 1 aliphatic heterocycles. The normalized spacial score (nSPS) is 25.8. The van der Waals surface area contributed by atoms with Gasteiger partial charge in [-0.2, -0.15) is 0 Å². The molecule has 2 rings (SSSR count). The molecule has 0 bridgehead atoms. The van der Waals surface area contributed by atoms with Crippen molar-refractivity contribution in [3.63, 3.8) is 0 Å². The van der Waals surface area contributed by atoms with E-state index in [4.69, 9.17) is 4.74 Å². The van der Waals surface area contributed by atoms with Crippen molar-refractivity contribution in [3.8, 4) is 0 Å². The first-order valence-electron chi connectivity index (χ1n) is 6.94. The van der Waals surface area contributed by atoms with Crippen LogP contribution in [0.3, 0.4) is 0 Å². The number of nitrogens with zero attached hydrogens (tertiary/aromatic N) is 1. The van der Waals surface area contributed by atoms with Crippen LogP contribution in [0.25, 0.3) is 0 Å². The number of nitrogens with one attached hydrogen (secondary N) is 1. The Bertz CT molecular complexity index is 215. The molecule has 4 nitrogen and oxygen atoms in total. The first kappa shape index (κ1) is 13.3. The number of rotatable bonds is 7. The zero-order valence-corrected chi connectivity index (χ0v) is 10.9. The molecule has 1 saturated heterocycles. The Morgan fingerprint density at radius 1 is 1.29 bits per heavy atom. The van der Waals surface area contributed by atoms with Crippen LogP contribution in [0.1, 0.15) is 19.8 Å². The summed E-state index contributed by atoms with van der Waals surface area (Å²) in [4.78, 5) is 2.28. The SMILES string of the molecule is CC(CNCC(O)CN1CCOCC1)C1CC1. The quantitative estimate of drug-likeness (QED) is 0.675. The summed E-state index contributed by atoms with van der Waals surface area (Å²) < 4.78 is 5.29. The molecule has 1 aliphatic carbocycles. The van der Waals surface area contributed by atoms with Crippen molar-refractivity contribution in [2.75, 3.05) is 45.9 Å². The standard InChI is InChI=1S/C13H26N2O2/c1-11(12-2-3-12)8-14-9-13(16)10-15-4-6-17-7-5-15/h11-14,16H,2-10H2,1H3. The average Bonchev–Trinajstić information content (AvgIpc) is 3.14. The van der Waals surface area contributed by atoms with Gasteiger partial charge in [0.1, 0.15) is 0 Å². The molecule has 2 N–H and O–H groups in total. The predicted octanol–water partition coefficient (Wildman–Crippen LogP) is 0.315. The summed E-state index contributed by atoms with van der Waals surface area (Å²) in [6.07, 6.45) is 2.55. The van der Waals surface area contributed by atoms with Crippen molar-refractivity contribution in [2.24, 2.45) is 11.8 Å². The second-order valence-corrected chi connectivity index (χ2v) is 5.54. The summed E-state index contributed by atoms with van der Waals surface area (Å²) in [5.74, 6) is 1.71. The smallest absolute Gasteiger partial charge is 0.0791 e. The molecular formula is C13H26N2O2. The van der Waals surface area contributed by atoms with Gasteiger partial charge in [-0.1, -0.05) is 6.92 Å². The fourth-order valence-electron chi connectivity index (χ4n) is 2.46. The third-order valence-electron chi connectivity index (χ3n) is 3.85. The Morgan fingerprint density at radius 2 is 2.00 bits per heavy atom. The molecule has 4 heteroatoms. The number of aliphatic hydroxyl groups excluding tert-OH is 1. The van der Waals surface area contributed by atoms with Gasteiger partial charge in [-0.15, -0.1) is 0 Å². The minimum absolute atomic E-state index is 0.250. The Morgan fingerprint density at radius 3 is 2.65 bits per heavy atom. The Hall–Kier alpha value is -0.160. The summed E-state index contributed by atoms with van der Waals surface area (Å²) >= 11 is 0. The molecule has 100 valence electrons. The van der Waals surface area contributed by atoms with Crippen LogP contribution in [0.15, 0.2) is 0 Å². The van der Waals surface area contributed by atoms with Gasteiger partial charge in [-0.25, -0.2) is 0 Å². The van der Waals surface area contributed by atoms with Crippen LogP contribution >= 0.6 is 0 Å². The van der Waals surface area contributed by atoms with Gasteiger partial charge >= 0.3 is 0 Å². The predicted molar refractivity (Wildman–Crippen MR) is 68.0 cm³/mol. The maximum absolute atomic E-state index is 9.92. The third kappa shape index (κ3) is 4.92. The molecule has 0 amide bonds. The van der Waals surface area contributed by atoms with Crippen LogP contribution in [0.5, 0.6) is 0 Å².